The van der Waals surface area contributed by atoms with Crippen LogP contribution >= 0.6 is 12.4 Å². The van der Waals surface area contributed by atoms with Gasteiger partial charge in [-0.1, -0.05) is 25.1 Å². The smallest absolute Gasteiger partial charge is 0.411 e. The molecule has 4 nitrogen and oxygen atoms in total. The van der Waals surface area contributed by atoms with Crippen molar-refractivity contribution in [3.63, 3.8) is 0 Å². The maximum atomic E-state index is 11.8. The van der Waals surface area contributed by atoms with Crippen LogP contribution in [-0.2, 0) is 4.74 Å². The van der Waals surface area contributed by atoms with Gasteiger partial charge in [0.2, 0.25) is 0 Å². The highest BCUT2D eigenvalue weighted by atomic mass is 35.5. The van der Waals surface area contributed by atoms with Crippen LogP contribution in [0.3, 0.4) is 0 Å². The Morgan fingerprint density at radius 3 is 2.90 bits per heavy atom. The molecule has 1 N–H and O–H groups in total. The summed E-state index contributed by atoms with van der Waals surface area (Å²) in [6, 6.07) is 7.71. The van der Waals surface area contributed by atoms with Gasteiger partial charge in [-0.15, -0.1) is 12.4 Å². The molecule has 1 aliphatic rings. The number of hydrogen-bond acceptors (Lipinski definition) is 3. The molecule has 118 valence electrons. The highest BCUT2D eigenvalue weighted by Crippen LogP contribution is 2.17. The highest BCUT2D eigenvalue weighted by molar-refractivity contribution is 5.85. The lowest BCUT2D eigenvalue weighted by Gasteiger charge is -2.31. The van der Waals surface area contributed by atoms with Gasteiger partial charge < -0.3 is 9.64 Å². The molecule has 5 heteroatoms. The molecule has 1 aromatic carbocycles. The summed E-state index contributed by atoms with van der Waals surface area (Å²) in [4.78, 5) is 14.2. The molecule has 1 saturated heterocycles. The molecule has 1 amide bonds. The molecule has 0 radical (unpaired) electrons. The second kappa shape index (κ2) is 8.90. The Kier molecular flexibility index (Phi) is 7.54. The molecule has 1 unspecified atom stereocenters. The van der Waals surface area contributed by atoms with Gasteiger partial charge in [-0.05, 0) is 44.5 Å². The first-order chi connectivity index (χ1) is 9.69. The first-order valence-corrected chi connectivity index (χ1v) is 7.40. The molecule has 0 saturated carbocycles. The number of amides is 1. The molecular weight excluding hydrogens is 288 g/mol. The second-order valence-electron chi connectivity index (χ2n) is 5.44. The van der Waals surface area contributed by atoms with Crippen LogP contribution in [0.1, 0.15) is 25.3 Å². The lowest BCUT2D eigenvalue weighted by molar-refractivity contribution is 0.0997. The summed E-state index contributed by atoms with van der Waals surface area (Å²) < 4.78 is 5.36. The molecule has 1 aliphatic heterocycles. The van der Waals surface area contributed by atoms with E-state index in [0.29, 0.717) is 12.5 Å². The van der Waals surface area contributed by atoms with Crippen LogP contribution in [-0.4, -0.2) is 37.2 Å². The summed E-state index contributed by atoms with van der Waals surface area (Å²) in [6.45, 7) is 7.93. The number of para-hydroxylation sites is 1. The lowest BCUT2D eigenvalue weighted by Crippen LogP contribution is -2.37. The number of carbonyl (C=O) groups excluding carboxylic acids is 1. The molecule has 0 aromatic heterocycles. The Balaban J connectivity index is 0.00000220. The second-order valence-corrected chi connectivity index (χ2v) is 5.44. The SMILES string of the molecule is CCN1CCCC(COC(=O)Nc2ccccc2C)C1.Cl. The van der Waals surface area contributed by atoms with Gasteiger partial charge in [0.05, 0.1) is 6.61 Å². The zero-order valence-electron chi connectivity index (χ0n) is 12.8. The number of hydrogen-bond donors (Lipinski definition) is 1. The van der Waals surface area contributed by atoms with E-state index in [1.165, 1.54) is 13.0 Å². The zero-order valence-corrected chi connectivity index (χ0v) is 13.6. The molecule has 1 atom stereocenters. The predicted octanol–water partition coefficient (Wildman–Crippen LogP) is 3.70. The van der Waals surface area contributed by atoms with Gasteiger partial charge in [0.15, 0.2) is 0 Å². The normalized spacial score (nSPS) is 18.7. The van der Waals surface area contributed by atoms with Gasteiger partial charge in [0, 0.05) is 18.2 Å². The summed E-state index contributed by atoms with van der Waals surface area (Å²) >= 11 is 0. The van der Waals surface area contributed by atoms with E-state index in [2.05, 4.69) is 17.1 Å². The predicted molar refractivity (Wildman–Crippen MR) is 88.2 cm³/mol. The lowest BCUT2D eigenvalue weighted by atomic mass is 9.99. The first kappa shape index (κ1) is 17.8. The fourth-order valence-corrected chi connectivity index (χ4v) is 2.63. The number of carbonyl (C=O) groups is 1. The molecule has 21 heavy (non-hydrogen) atoms. The standard InChI is InChI=1S/C16H24N2O2.ClH/c1-3-18-10-6-8-14(11-18)12-20-16(19)17-15-9-5-4-7-13(15)2;/h4-5,7,9,14H,3,6,8,10-12H2,1-2H3,(H,17,19);1H. The van der Waals surface area contributed by atoms with Gasteiger partial charge in [0.1, 0.15) is 0 Å². The van der Waals surface area contributed by atoms with Crippen molar-refractivity contribution in [2.24, 2.45) is 5.92 Å². The van der Waals surface area contributed by atoms with E-state index >= 15 is 0 Å². The van der Waals surface area contributed by atoms with Crippen LogP contribution < -0.4 is 5.32 Å². The summed E-state index contributed by atoms with van der Waals surface area (Å²) in [5, 5.41) is 2.80. The van der Waals surface area contributed by atoms with Crippen molar-refractivity contribution in [2.45, 2.75) is 26.7 Å². The number of halogens is 1. The minimum atomic E-state index is -0.354. The van der Waals surface area contributed by atoms with Crippen molar-refractivity contribution in [3.8, 4) is 0 Å². The van der Waals surface area contributed by atoms with Crippen molar-refractivity contribution >= 4 is 24.2 Å². The average Bonchev–Trinajstić information content (AvgIpc) is 2.48. The Bertz CT molecular complexity index is 454. The zero-order chi connectivity index (χ0) is 14.4. The van der Waals surface area contributed by atoms with E-state index in [9.17, 15) is 4.79 Å². The molecule has 2 rings (SSSR count). The fraction of sp³-hybridized carbons (Fsp3) is 0.562. The average molecular weight is 313 g/mol. The summed E-state index contributed by atoms with van der Waals surface area (Å²) in [5.41, 5.74) is 1.86. The summed E-state index contributed by atoms with van der Waals surface area (Å²) in [5.74, 6) is 0.464. The Morgan fingerprint density at radius 2 is 2.19 bits per heavy atom. The minimum Gasteiger partial charge on any atom is -0.449 e. The fourth-order valence-electron chi connectivity index (χ4n) is 2.63. The molecule has 1 aromatic rings. The summed E-state index contributed by atoms with van der Waals surface area (Å²) in [7, 11) is 0. The molecular formula is C16H25ClN2O2. The molecule has 1 fully saturated rings. The van der Waals surface area contributed by atoms with Crippen molar-refractivity contribution < 1.29 is 9.53 Å². The third-order valence-corrected chi connectivity index (χ3v) is 3.88. The minimum absolute atomic E-state index is 0. The Morgan fingerprint density at radius 1 is 1.43 bits per heavy atom. The maximum absolute atomic E-state index is 11.8. The monoisotopic (exact) mass is 312 g/mol. The molecule has 1 heterocycles. The third kappa shape index (κ3) is 5.56. The van der Waals surface area contributed by atoms with Gasteiger partial charge in [0.25, 0.3) is 0 Å². The molecule has 0 spiro atoms. The summed E-state index contributed by atoms with van der Waals surface area (Å²) in [6.07, 6.45) is 1.99. The largest absolute Gasteiger partial charge is 0.449 e. The van der Waals surface area contributed by atoms with Gasteiger partial charge >= 0.3 is 6.09 Å². The van der Waals surface area contributed by atoms with Gasteiger partial charge in [-0.2, -0.15) is 0 Å². The van der Waals surface area contributed by atoms with Crippen LogP contribution in [0.2, 0.25) is 0 Å². The van der Waals surface area contributed by atoms with Crippen molar-refractivity contribution in [1.82, 2.24) is 4.90 Å². The van der Waals surface area contributed by atoms with Crippen LogP contribution in [0.15, 0.2) is 24.3 Å². The number of piperidine rings is 1. The number of nitrogens with zero attached hydrogens (tertiary/aromatic N) is 1. The van der Waals surface area contributed by atoms with E-state index in [0.717, 1.165) is 30.8 Å². The Hall–Kier alpha value is -1.26. The number of nitrogens with one attached hydrogen (secondary N) is 1. The Labute approximate surface area is 133 Å². The van der Waals surface area contributed by atoms with E-state index in [1.807, 2.05) is 31.2 Å². The van der Waals surface area contributed by atoms with Crippen molar-refractivity contribution in [3.05, 3.63) is 29.8 Å². The number of anilines is 1. The van der Waals surface area contributed by atoms with Crippen LogP contribution in [0.25, 0.3) is 0 Å². The van der Waals surface area contributed by atoms with E-state index in [4.69, 9.17) is 4.74 Å². The van der Waals surface area contributed by atoms with E-state index in [1.54, 1.807) is 0 Å². The highest BCUT2D eigenvalue weighted by Gasteiger charge is 2.20. The number of aryl methyl sites for hydroxylation is 1. The van der Waals surface area contributed by atoms with Gasteiger partial charge in [-0.25, -0.2) is 4.79 Å². The van der Waals surface area contributed by atoms with Crippen molar-refractivity contribution in [2.75, 3.05) is 31.6 Å². The number of likely N-dealkylation sites (tertiary alicyclic amines) is 1. The van der Waals surface area contributed by atoms with Crippen LogP contribution in [0.4, 0.5) is 10.5 Å². The first-order valence-electron chi connectivity index (χ1n) is 7.40. The topological polar surface area (TPSA) is 41.6 Å². The maximum Gasteiger partial charge on any atom is 0.411 e. The molecule has 0 aliphatic carbocycles. The van der Waals surface area contributed by atoms with Crippen molar-refractivity contribution in [1.29, 1.82) is 0 Å². The number of ether oxygens (including phenoxy) is 1. The molecule has 0 bridgehead atoms. The number of rotatable bonds is 4. The van der Waals surface area contributed by atoms with Crippen LogP contribution in [0, 0.1) is 12.8 Å². The van der Waals surface area contributed by atoms with E-state index < -0.39 is 0 Å². The van der Waals surface area contributed by atoms with E-state index in [-0.39, 0.29) is 18.5 Å². The number of benzene rings is 1. The van der Waals surface area contributed by atoms with Gasteiger partial charge in [-0.3, -0.25) is 5.32 Å². The third-order valence-electron chi connectivity index (χ3n) is 3.88. The van der Waals surface area contributed by atoms with Crippen LogP contribution in [0.5, 0.6) is 0 Å². The quantitative estimate of drug-likeness (QED) is 0.921.